The van der Waals surface area contributed by atoms with Crippen LogP contribution < -0.4 is 5.73 Å². The number of sulfonamides is 1. The molecule has 1 aliphatic rings. The summed E-state index contributed by atoms with van der Waals surface area (Å²) in [5.41, 5.74) is 5.20. The molecular formula is C10H19FN2O3S. The molecule has 7 heteroatoms. The Hall–Kier alpha value is -0.690. The Morgan fingerprint density at radius 3 is 2.65 bits per heavy atom. The third-order valence-corrected chi connectivity index (χ3v) is 5.15. The van der Waals surface area contributed by atoms with Crippen LogP contribution in [0.15, 0.2) is 0 Å². The molecule has 1 heterocycles. The van der Waals surface area contributed by atoms with Gasteiger partial charge in [0, 0.05) is 12.6 Å². The normalized spacial score (nSPS) is 26.9. The van der Waals surface area contributed by atoms with Crippen LogP contribution in [-0.4, -0.2) is 43.6 Å². The molecule has 0 aromatic heterocycles. The molecule has 1 aliphatic heterocycles. The van der Waals surface area contributed by atoms with Crippen molar-refractivity contribution < 1.29 is 17.6 Å². The van der Waals surface area contributed by atoms with Gasteiger partial charge in [0.2, 0.25) is 15.9 Å². The molecule has 1 fully saturated rings. The van der Waals surface area contributed by atoms with Crippen LogP contribution in [0.1, 0.15) is 26.2 Å². The van der Waals surface area contributed by atoms with Gasteiger partial charge in [0.05, 0.1) is 18.3 Å². The third-order valence-electron chi connectivity index (χ3n) is 3.12. The van der Waals surface area contributed by atoms with Crippen molar-refractivity contribution in [2.75, 3.05) is 19.0 Å². The van der Waals surface area contributed by atoms with Crippen molar-refractivity contribution in [2.45, 2.75) is 32.2 Å². The van der Waals surface area contributed by atoms with Gasteiger partial charge in [0.15, 0.2) is 0 Å². The van der Waals surface area contributed by atoms with Crippen LogP contribution in [0.4, 0.5) is 4.39 Å². The van der Waals surface area contributed by atoms with Gasteiger partial charge in [0.1, 0.15) is 0 Å². The van der Waals surface area contributed by atoms with Gasteiger partial charge in [-0.2, -0.15) is 4.31 Å². The molecule has 1 amide bonds. The highest BCUT2D eigenvalue weighted by Crippen LogP contribution is 2.24. The van der Waals surface area contributed by atoms with Crippen LogP contribution in [0.25, 0.3) is 0 Å². The van der Waals surface area contributed by atoms with E-state index in [0.29, 0.717) is 12.8 Å². The average molecular weight is 266 g/mol. The number of nitrogens with two attached hydrogens (primary N) is 1. The third kappa shape index (κ3) is 3.64. The van der Waals surface area contributed by atoms with Gasteiger partial charge in [-0.15, -0.1) is 0 Å². The second kappa shape index (κ2) is 5.77. The topological polar surface area (TPSA) is 80.5 Å². The summed E-state index contributed by atoms with van der Waals surface area (Å²) in [5, 5.41) is 0. The molecule has 2 atom stereocenters. The molecule has 1 rings (SSSR count). The summed E-state index contributed by atoms with van der Waals surface area (Å²) in [6, 6.07) is -0.143. The highest BCUT2D eigenvalue weighted by Gasteiger charge is 2.35. The van der Waals surface area contributed by atoms with Crippen molar-refractivity contribution in [3.8, 4) is 0 Å². The molecule has 1 saturated heterocycles. The van der Waals surface area contributed by atoms with Gasteiger partial charge in [-0.1, -0.05) is 0 Å². The molecule has 0 saturated carbocycles. The first-order valence-corrected chi connectivity index (χ1v) is 7.34. The van der Waals surface area contributed by atoms with E-state index in [0.717, 1.165) is 0 Å². The number of hydrogen-bond donors (Lipinski definition) is 1. The molecule has 0 aromatic carbocycles. The lowest BCUT2D eigenvalue weighted by Gasteiger charge is -2.35. The van der Waals surface area contributed by atoms with Gasteiger partial charge in [-0.05, 0) is 26.2 Å². The summed E-state index contributed by atoms with van der Waals surface area (Å²) in [7, 11) is -3.48. The minimum Gasteiger partial charge on any atom is -0.369 e. The molecule has 0 aromatic rings. The maximum atomic E-state index is 12.0. The zero-order valence-corrected chi connectivity index (χ0v) is 10.7. The highest BCUT2D eigenvalue weighted by atomic mass is 32.2. The number of alkyl halides is 1. The maximum absolute atomic E-state index is 12.0. The Bertz CT molecular complexity index is 372. The number of carbonyl (C=O) groups is 1. The van der Waals surface area contributed by atoms with E-state index in [1.165, 1.54) is 4.31 Å². The standard InChI is InChI=1S/C10H19FN2O3S/c1-8-3-4-9(10(12)14)7-13(8)17(15,16)6-2-5-11/h8-9H,2-7H2,1H3,(H2,12,14). The van der Waals surface area contributed by atoms with Crippen molar-refractivity contribution in [3.63, 3.8) is 0 Å². The first kappa shape index (κ1) is 14.4. The number of piperidine rings is 1. The number of carbonyl (C=O) groups excluding carboxylic acids is 1. The molecule has 5 nitrogen and oxygen atoms in total. The quantitative estimate of drug-likeness (QED) is 0.775. The van der Waals surface area contributed by atoms with Gasteiger partial charge < -0.3 is 5.73 Å². The van der Waals surface area contributed by atoms with E-state index in [2.05, 4.69) is 0 Å². The Balaban J connectivity index is 2.76. The Kier molecular flexibility index (Phi) is 4.88. The Morgan fingerprint density at radius 2 is 2.12 bits per heavy atom. The molecule has 0 bridgehead atoms. The van der Waals surface area contributed by atoms with Gasteiger partial charge in [-0.25, -0.2) is 8.42 Å². The van der Waals surface area contributed by atoms with Crippen LogP contribution in [-0.2, 0) is 14.8 Å². The van der Waals surface area contributed by atoms with Gasteiger partial charge >= 0.3 is 0 Å². The number of halogens is 1. The number of amides is 1. The van der Waals surface area contributed by atoms with Gasteiger partial charge in [0.25, 0.3) is 0 Å². The van der Waals surface area contributed by atoms with Crippen molar-refractivity contribution in [2.24, 2.45) is 11.7 Å². The van der Waals surface area contributed by atoms with Crippen LogP contribution in [0, 0.1) is 5.92 Å². The largest absolute Gasteiger partial charge is 0.369 e. The Morgan fingerprint density at radius 1 is 1.47 bits per heavy atom. The lowest BCUT2D eigenvalue weighted by molar-refractivity contribution is -0.123. The monoisotopic (exact) mass is 266 g/mol. The molecule has 0 spiro atoms. The minimum absolute atomic E-state index is 0.00715. The Labute approximate surface area is 101 Å². The molecule has 0 radical (unpaired) electrons. The zero-order valence-electron chi connectivity index (χ0n) is 9.93. The number of nitrogens with zero attached hydrogens (tertiary/aromatic N) is 1. The summed E-state index contributed by atoms with van der Waals surface area (Å²) in [6.07, 6.45) is 1.22. The zero-order chi connectivity index (χ0) is 13.1. The fourth-order valence-corrected chi connectivity index (χ4v) is 3.82. The van der Waals surface area contributed by atoms with E-state index in [9.17, 15) is 17.6 Å². The van der Waals surface area contributed by atoms with E-state index in [1.54, 1.807) is 6.92 Å². The predicted molar refractivity (Wildman–Crippen MR) is 62.5 cm³/mol. The molecule has 100 valence electrons. The second-order valence-electron chi connectivity index (χ2n) is 4.45. The molecule has 2 N–H and O–H groups in total. The molecule has 0 aliphatic carbocycles. The summed E-state index contributed by atoms with van der Waals surface area (Å²) in [5.74, 6) is -1.10. The molecule has 2 unspecified atom stereocenters. The van der Waals surface area contributed by atoms with E-state index >= 15 is 0 Å². The SMILES string of the molecule is CC1CCC(C(N)=O)CN1S(=O)(=O)CCCF. The van der Waals surface area contributed by atoms with E-state index < -0.39 is 28.5 Å². The van der Waals surface area contributed by atoms with Gasteiger partial charge in [-0.3, -0.25) is 9.18 Å². The summed E-state index contributed by atoms with van der Waals surface area (Å²) >= 11 is 0. The number of rotatable bonds is 5. The van der Waals surface area contributed by atoms with Crippen LogP contribution in [0.3, 0.4) is 0 Å². The van der Waals surface area contributed by atoms with E-state index in [4.69, 9.17) is 5.73 Å². The molecular weight excluding hydrogens is 247 g/mol. The minimum atomic E-state index is -3.48. The summed E-state index contributed by atoms with van der Waals surface area (Å²) < 4.78 is 37.2. The predicted octanol–water partition coefficient (Wildman–Crippen LogP) is 0.262. The van der Waals surface area contributed by atoms with Crippen molar-refractivity contribution in [3.05, 3.63) is 0 Å². The first-order chi connectivity index (χ1) is 7.88. The smallest absolute Gasteiger partial charge is 0.221 e. The van der Waals surface area contributed by atoms with Crippen LogP contribution in [0.5, 0.6) is 0 Å². The first-order valence-electron chi connectivity index (χ1n) is 5.73. The van der Waals surface area contributed by atoms with E-state index in [1.807, 2.05) is 0 Å². The summed E-state index contributed by atoms with van der Waals surface area (Å²) in [4.78, 5) is 11.1. The van der Waals surface area contributed by atoms with E-state index in [-0.39, 0.29) is 24.8 Å². The van der Waals surface area contributed by atoms with Crippen LogP contribution >= 0.6 is 0 Å². The lowest BCUT2D eigenvalue weighted by Crippen LogP contribution is -2.49. The number of primary amides is 1. The number of hydrogen-bond acceptors (Lipinski definition) is 3. The van der Waals surface area contributed by atoms with Crippen molar-refractivity contribution in [1.82, 2.24) is 4.31 Å². The fraction of sp³-hybridized carbons (Fsp3) is 0.900. The van der Waals surface area contributed by atoms with Crippen LogP contribution in [0.2, 0.25) is 0 Å². The maximum Gasteiger partial charge on any atom is 0.221 e. The average Bonchev–Trinajstić information content (AvgIpc) is 2.26. The van der Waals surface area contributed by atoms with Crippen molar-refractivity contribution >= 4 is 15.9 Å². The second-order valence-corrected chi connectivity index (χ2v) is 6.49. The fourth-order valence-electron chi connectivity index (χ4n) is 2.05. The summed E-state index contributed by atoms with van der Waals surface area (Å²) in [6.45, 7) is 1.27. The van der Waals surface area contributed by atoms with Crippen molar-refractivity contribution in [1.29, 1.82) is 0 Å². The lowest BCUT2D eigenvalue weighted by atomic mass is 9.95. The molecule has 17 heavy (non-hydrogen) atoms. The highest BCUT2D eigenvalue weighted by molar-refractivity contribution is 7.89.